The topological polar surface area (TPSA) is 29.0 Å². The summed E-state index contributed by atoms with van der Waals surface area (Å²) in [7, 11) is 2.06. The third kappa shape index (κ3) is 2.76. The molecule has 106 valence electrons. The van der Waals surface area contributed by atoms with Crippen molar-refractivity contribution in [2.24, 2.45) is 0 Å². The third-order valence-electron chi connectivity index (χ3n) is 3.62. The standard InChI is InChI=1S/C17H16BrN3/c1-3-12-4-6-14(7-5-12)21(2)16-8-9-19-15-10-13(18)11-20-17(15)16/h4-11H,3H2,1-2H3. The largest absolute Gasteiger partial charge is 0.343 e. The summed E-state index contributed by atoms with van der Waals surface area (Å²) < 4.78 is 0.939. The fourth-order valence-electron chi connectivity index (χ4n) is 2.36. The van der Waals surface area contributed by atoms with Gasteiger partial charge in [0.15, 0.2) is 0 Å². The maximum atomic E-state index is 4.51. The zero-order valence-corrected chi connectivity index (χ0v) is 13.6. The molecule has 0 radical (unpaired) electrons. The van der Waals surface area contributed by atoms with Crippen molar-refractivity contribution >= 4 is 38.3 Å². The number of benzene rings is 1. The Kier molecular flexibility index (Phi) is 3.88. The van der Waals surface area contributed by atoms with E-state index in [1.54, 1.807) is 0 Å². The van der Waals surface area contributed by atoms with E-state index in [4.69, 9.17) is 0 Å². The smallest absolute Gasteiger partial charge is 0.112 e. The lowest BCUT2D eigenvalue weighted by molar-refractivity contribution is 1.13. The highest BCUT2D eigenvalue weighted by Crippen LogP contribution is 2.29. The van der Waals surface area contributed by atoms with Crippen LogP contribution in [-0.4, -0.2) is 17.0 Å². The summed E-state index contributed by atoms with van der Waals surface area (Å²) in [5, 5.41) is 0. The Morgan fingerprint density at radius 3 is 2.57 bits per heavy atom. The molecule has 4 heteroatoms. The summed E-state index contributed by atoms with van der Waals surface area (Å²) in [6, 6.07) is 12.6. The molecule has 0 unspecified atom stereocenters. The summed E-state index contributed by atoms with van der Waals surface area (Å²) in [6.07, 6.45) is 4.68. The lowest BCUT2D eigenvalue weighted by atomic mass is 10.1. The predicted octanol–water partition coefficient (Wildman–Crippen LogP) is 4.72. The van der Waals surface area contributed by atoms with Crippen LogP contribution in [0.2, 0.25) is 0 Å². The van der Waals surface area contributed by atoms with Gasteiger partial charge in [-0.25, -0.2) is 0 Å². The molecule has 0 N–H and O–H groups in total. The van der Waals surface area contributed by atoms with Gasteiger partial charge in [0.25, 0.3) is 0 Å². The Morgan fingerprint density at radius 1 is 1.10 bits per heavy atom. The van der Waals surface area contributed by atoms with Crippen molar-refractivity contribution in [1.82, 2.24) is 9.97 Å². The van der Waals surface area contributed by atoms with Gasteiger partial charge in [-0.15, -0.1) is 0 Å². The lowest BCUT2D eigenvalue weighted by Gasteiger charge is -2.20. The summed E-state index contributed by atoms with van der Waals surface area (Å²) >= 11 is 3.44. The van der Waals surface area contributed by atoms with E-state index in [-0.39, 0.29) is 0 Å². The molecule has 0 aliphatic carbocycles. The first-order valence-electron chi connectivity index (χ1n) is 6.92. The van der Waals surface area contributed by atoms with Gasteiger partial charge in [0, 0.05) is 29.6 Å². The number of aryl methyl sites for hydroxylation is 1. The number of halogens is 1. The van der Waals surface area contributed by atoms with Gasteiger partial charge >= 0.3 is 0 Å². The van der Waals surface area contributed by atoms with Crippen LogP contribution in [0.5, 0.6) is 0 Å². The molecular formula is C17H16BrN3. The molecular weight excluding hydrogens is 326 g/mol. The Labute approximate surface area is 132 Å². The van der Waals surface area contributed by atoms with Gasteiger partial charge in [-0.3, -0.25) is 9.97 Å². The average Bonchev–Trinajstić information content (AvgIpc) is 2.53. The van der Waals surface area contributed by atoms with Crippen LogP contribution in [0, 0.1) is 0 Å². The SMILES string of the molecule is CCc1ccc(N(C)c2ccnc3cc(Br)cnc23)cc1. The number of rotatable bonds is 3. The molecule has 0 amide bonds. The van der Waals surface area contributed by atoms with E-state index in [0.29, 0.717) is 0 Å². The summed E-state index contributed by atoms with van der Waals surface area (Å²) in [6.45, 7) is 2.16. The van der Waals surface area contributed by atoms with Crippen LogP contribution in [0.4, 0.5) is 11.4 Å². The van der Waals surface area contributed by atoms with Crippen molar-refractivity contribution in [2.75, 3.05) is 11.9 Å². The molecule has 3 aromatic rings. The van der Waals surface area contributed by atoms with E-state index in [0.717, 1.165) is 33.3 Å². The van der Waals surface area contributed by atoms with Crippen LogP contribution in [0.25, 0.3) is 11.0 Å². The van der Waals surface area contributed by atoms with Crippen LogP contribution in [0.1, 0.15) is 12.5 Å². The number of pyridine rings is 2. The first kappa shape index (κ1) is 14.0. The molecule has 0 bridgehead atoms. The number of anilines is 2. The van der Waals surface area contributed by atoms with Gasteiger partial charge in [-0.2, -0.15) is 0 Å². The van der Waals surface area contributed by atoms with Crippen molar-refractivity contribution in [3.05, 3.63) is 58.8 Å². The number of nitrogens with zero attached hydrogens (tertiary/aromatic N) is 3. The average molecular weight is 342 g/mol. The molecule has 1 aromatic carbocycles. The highest BCUT2D eigenvalue weighted by atomic mass is 79.9. The summed E-state index contributed by atoms with van der Waals surface area (Å²) in [4.78, 5) is 11.0. The first-order valence-corrected chi connectivity index (χ1v) is 7.71. The second kappa shape index (κ2) is 5.82. The molecule has 2 heterocycles. The highest BCUT2D eigenvalue weighted by Gasteiger charge is 2.10. The van der Waals surface area contributed by atoms with Crippen LogP contribution in [0.3, 0.4) is 0 Å². The summed E-state index contributed by atoms with van der Waals surface area (Å²) in [5.41, 5.74) is 5.33. The van der Waals surface area contributed by atoms with Crippen LogP contribution >= 0.6 is 15.9 Å². The minimum absolute atomic E-state index is 0.888. The van der Waals surface area contributed by atoms with Crippen molar-refractivity contribution in [1.29, 1.82) is 0 Å². The van der Waals surface area contributed by atoms with Crippen molar-refractivity contribution < 1.29 is 0 Å². The number of fused-ring (bicyclic) bond motifs is 1. The molecule has 0 aliphatic rings. The van der Waals surface area contributed by atoms with Crippen LogP contribution < -0.4 is 4.90 Å². The van der Waals surface area contributed by atoms with Crippen molar-refractivity contribution in [3.8, 4) is 0 Å². The molecule has 0 saturated heterocycles. The molecule has 2 aromatic heterocycles. The van der Waals surface area contributed by atoms with Gasteiger partial charge in [0.2, 0.25) is 0 Å². The quantitative estimate of drug-likeness (QED) is 0.689. The van der Waals surface area contributed by atoms with E-state index in [2.05, 4.69) is 69.0 Å². The second-order valence-electron chi connectivity index (χ2n) is 4.93. The number of hydrogen-bond donors (Lipinski definition) is 0. The van der Waals surface area contributed by atoms with E-state index in [1.165, 1.54) is 5.56 Å². The molecule has 0 saturated carbocycles. The zero-order valence-electron chi connectivity index (χ0n) is 12.0. The monoisotopic (exact) mass is 341 g/mol. The minimum atomic E-state index is 0.888. The maximum Gasteiger partial charge on any atom is 0.112 e. The van der Waals surface area contributed by atoms with Gasteiger partial charge in [0.1, 0.15) is 5.52 Å². The van der Waals surface area contributed by atoms with Crippen molar-refractivity contribution in [3.63, 3.8) is 0 Å². The second-order valence-corrected chi connectivity index (χ2v) is 5.85. The third-order valence-corrected chi connectivity index (χ3v) is 4.05. The molecule has 3 rings (SSSR count). The van der Waals surface area contributed by atoms with Gasteiger partial charge < -0.3 is 4.90 Å². The number of aromatic nitrogens is 2. The van der Waals surface area contributed by atoms with Gasteiger partial charge in [0.05, 0.1) is 11.2 Å². The van der Waals surface area contributed by atoms with Crippen LogP contribution in [-0.2, 0) is 6.42 Å². The fraction of sp³-hybridized carbons (Fsp3) is 0.176. The molecule has 0 aliphatic heterocycles. The van der Waals surface area contributed by atoms with Crippen molar-refractivity contribution in [2.45, 2.75) is 13.3 Å². The Hall–Kier alpha value is -1.94. The minimum Gasteiger partial charge on any atom is -0.343 e. The normalized spacial score (nSPS) is 10.8. The van der Waals surface area contributed by atoms with Crippen LogP contribution in [0.15, 0.2) is 53.3 Å². The molecule has 3 nitrogen and oxygen atoms in total. The van der Waals surface area contributed by atoms with E-state index >= 15 is 0 Å². The van der Waals surface area contributed by atoms with Gasteiger partial charge in [-0.05, 0) is 52.2 Å². The molecule has 0 fully saturated rings. The Bertz CT molecular complexity index is 769. The maximum absolute atomic E-state index is 4.51. The van der Waals surface area contributed by atoms with E-state index in [1.807, 2.05) is 24.5 Å². The molecule has 21 heavy (non-hydrogen) atoms. The Balaban J connectivity index is 2.06. The summed E-state index contributed by atoms with van der Waals surface area (Å²) in [5.74, 6) is 0. The van der Waals surface area contributed by atoms with E-state index < -0.39 is 0 Å². The number of hydrogen-bond acceptors (Lipinski definition) is 3. The molecule has 0 atom stereocenters. The zero-order chi connectivity index (χ0) is 14.8. The first-order chi connectivity index (χ1) is 10.2. The highest BCUT2D eigenvalue weighted by molar-refractivity contribution is 9.10. The molecule has 0 spiro atoms. The lowest BCUT2D eigenvalue weighted by Crippen LogP contribution is -2.10. The fourth-order valence-corrected chi connectivity index (χ4v) is 2.68. The van der Waals surface area contributed by atoms with Gasteiger partial charge in [-0.1, -0.05) is 19.1 Å². The predicted molar refractivity (Wildman–Crippen MR) is 91.1 cm³/mol. The van der Waals surface area contributed by atoms with E-state index in [9.17, 15) is 0 Å². The Morgan fingerprint density at radius 2 is 1.86 bits per heavy atom.